The molecule has 0 aliphatic carbocycles. The molecule has 2 rings (SSSR count). The van der Waals surface area contributed by atoms with E-state index in [0.717, 1.165) is 4.57 Å². The number of aryl methyl sites for hydroxylation is 1. The second kappa shape index (κ2) is 9.05. The number of aliphatic hydroxyl groups excluding tert-OH is 1. The highest BCUT2D eigenvalue weighted by atomic mass is 31.1. The van der Waals surface area contributed by atoms with Gasteiger partial charge in [-0.05, 0) is 13.8 Å². The minimum absolute atomic E-state index is 0.216. The highest BCUT2D eigenvalue weighted by Crippen LogP contribution is 2.37. The van der Waals surface area contributed by atoms with E-state index in [1.54, 1.807) is 6.92 Å². The highest BCUT2D eigenvalue weighted by Gasteiger charge is 2.48. The van der Waals surface area contributed by atoms with E-state index < -0.39 is 56.8 Å². The molecule has 1 aliphatic heterocycles. The molecule has 0 aromatic carbocycles. The van der Waals surface area contributed by atoms with Crippen LogP contribution in [0.25, 0.3) is 0 Å². The van der Waals surface area contributed by atoms with E-state index in [2.05, 4.69) is 4.98 Å². The molecule has 1 fully saturated rings. The number of H-pyrrole nitrogens is 1. The van der Waals surface area contributed by atoms with Crippen LogP contribution < -0.4 is 11.2 Å². The maximum Gasteiger partial charge on any atom is 0.330 e. The van der Waals surface area contributed by atoms with Gasteiger partial charge < -0.3 is 28.7 Å². The summed E-state index contributed by atoms with van der Waals surface area (Å²) in [5, 5.41) is 9.53. The third kappa shape index (κ3) is 4.68. The van der Waals surface area contributed by atoms with Gasteiger partial charge in [0.1, 0.15) is 18.3 Å². The highest BCUT2D eigenvalue weighted by molar-refractivity contribution is 7.32. The van der Waals surface area contributed by atoms with Gasteiger partial charge >= 0.3 is 13.9 Å². The van der Waals surface area contributed by atoms with Crippen LogP contribution in [0, 0.1) is 6.92 Å². The zero-order valence-electron chi connectivity index (χ0n) is 14.6. The van der Waals surface area contributed by atoms with Gasteiger partial charge in [-0.25, -0.2) is 4.79 Å². The van der Waals surface area contributed by atoms with E-state index in [0.29, 0.717) is 0 Å². The largest absolute Gasteiger partial charge is 0.394 e. The van der Waals surface area contributed by atoms with E-state index in [1.807, 2.05) is 0 Å². The molecule has 12 heteroatoms. The SMILES string of the molecule is COC[C@H](C)OC1[C@@H](O[PH](=O)O)[C@@H](CO)O[C@H]1n1cc(C)c(=O)[nH]c1=O. The Kier molecular flexibility index (Phi) is 7.30. The second-order valence-corrected chi connectivity index (χ2v) is 6.71. The van der Waals surface area contributed by atoms with Gasteiger partial charge in [0.05, 0.1) is 19.3 Å². The number of aliphatic hydroxyl groups is 1. The summed E-state index contributed by atoms with van der Waals surface area (Å²) in [5.41, 5.74) is -1.02. The van der Waals surface area contributed by atoms with Gasteiger partial charge in [-0.1, -0.05) is 0 Å². The van der Waals surface area contributed by atoms with Crippen molar-refractivity contribution < 1.29 is 33.3 Å². The van der Waals surface area contributed by atoms with Crippen molar-refractivity contribution in [1.29, 1.82) is 0 Å². The molecule has 1 aliphatic rings. The van der Waals surface area contributed by atoms with Crippen molar-refractivity contribution in [2.45, 2.75) is 44.5 Å². The van der Waals surface area contributed by atoms with Crippen LogP contribution >= 0.6 is 8.25 Å². The smallest absolute Gasteiger partial charge is 0.330 e. The van der Waals surface area contributed by atoms with Crippen molar-refractivity contribution in [2.24, 2.45) is 0 Å². The van der Waals surface area contributed by atoms with Crippen molar-refractivity contribution in [3.63, 3.8) is 0 Å². The van der Waals surface area contributed by atoms with E-state index >= 15 is 0 Å². The molecule has 6 atom stereocenters. The zero-order valence-corrected chi connectivity index (χ0v) is 15.6. The Morgan fingerprint density at radius 3 is 2.69 bits per heavy atom. The number of aromatic nitrogens is 2. The minimum atomic E-state index is -3.37. The molecule has 0 amide bonds. The first-order valence-corrected chi connectivity index (χ1v) is 9.17. The van der Waals surface area contributed by atoms with Gasteiger partial charge in [-0.3, -0.25) is 18.9 Å². The van der Waals surface area contributed by atoms with Crippen LogP contribution in [-0.2, 0) is 23.3 Å². The van der Waals surface area contributed by atoms with E-state index in [1.165, 1.54) is 20.2 Å². The molecule has 3 N–H and O–H groups in total. The first-order chi connectivity index (χ1) is 12.3. The lowest BCUT2D eigenvalue weighted by Gasteiger charge is -2.27. The normalized spacial score (nSPS) is 28.2. The number of nitrogens with zero attached hydrogens (tertiary/aromatic N) is 1. The first-order valence-electron chi connectivity index (χ1n) is 7.90. The predicted molar refractivity (Wildman–Crippen MR) is 89.4 cm³/mol. The summed E-state index contributed by atoms with van der Waals surface area (Å²) in [5.74, 6) is 0. The standard InChI is InChI=1S/C14H23N2O9P/c1-7-4-16(14(19)15-12(7)18)13-11(23-8(2)6-22-3)10(25-26(20)21)9(5-17)24-13/h4,8-11,13,17,26H,5-6H2,1-3H3,(H,20,21)(H,15,18,19)/t8-,9+,10-,11?,13+/m0/s1. The molecule has 26 heavy (non-hydrogen) atoms. The lowest BCUT2D eigenvalue weighted by Crippen LogP contribution is -2.42. The van der Waals surface area contributed by atoms with E-state index in [-0.39, 0.29) is 12.2 Å². The van der Waals surface area contributed by atoms with Gasteiger partial charge in [0.25, 0.3) is 5.56 Å². The maximum absolute atomic E-state index is 12.2. The van der Waals surface area contributed by atoms with Crippen molar-refractivity contribution in [3.05, 3.63) is 32.6 Å². The van der Waals surface area contributed by atoms with Gasteiger partial charge in [0.15, 0.2) is 6.23 Å². The van der Waals surface area contributed by atoms with Crippen LogP contribution in [0.3, 0.4) is 0 Å². The summed E-state index contributed by atoms with van der Waals surface area (Å²) in [6.07, 6.45) is -3.34. The third-order valence-corrected chi connectivity index (χ3v) is 4.39. The molecule has 1 aromatic heterocycles. The quantitative estimate of drug-likeness (QED) is 0.468. The number of hydrogen-bond donors (Lipinski definition) is 3. The molecule has 2 unspecified atom stereocenters. The number of methoxy groups -OCH3 is 1. The second-order valence-electron chi connectivity index (χ2n) is 5.94. The lowest BCUT2D eigenvalue weighted by molar-refractivity contribution is -0.109. The first kappa shape index (κ1) is 21.0. The van der Waals surface area contributed by atoms with Crippen molar-refractivity contribution >= 4 is 8.25 Å². The van der Waals surface area contributed by atoms with Gasteiger partial charge in [-0.2, -0.15) is 0 Å². The summed E-state index contributed by atoms with van der Waals surface area (Å²) < 4.78 is 33.8. The predicted octanol–water partition coefficient (Wildman–Crippen LogP) is -1.08. The zero-order chi connectivity index (χ0) is 19.4. The summed E-state index contributed by atoms with van der Waals surface area (Å²) in [7, 11) is -1.89. The molecule has 2 heterocycles. The Hall–Kier alpha value is -1.33. The third-order valence-electron chi connectivity index (χ3n) is 3.91. The molecule has 0 bridgehead atoms. The average molecular weight is 394 g/mol. The Labute approximate surface area is 149 Å². The molecule has 11 nitrogen and oxygen atoms in total. The minimum Gasteiger partial charge on any atom is -0.394 e. The van der Waals surface area contributed by atoms with E-state index in [4.69, 9.17) is 23.6 Å². The number of hydrogen-bond acceptors (Lipinski definition) is 8. The molecule has 1 aromatic rings. The van der Waals surface area contributed by atoms with Crippen LogP contribution in [0.4, 0.5) is 0 Å². The summed E-state index contributed by atoms with van der Waals surface area (Å²) in [4.78, 5) is 35.1. The van der Waals surface area contributed by atoms with Gasteiger partial charge in [-0.15, -0.1) is 0 Å². The monoisotopic (exact) mass is 394 g/mol. The van der Waals surface area contributed by atoms with Crippen LogP contribution in [-0.4, -0.2) is 64.3 Å². The fourth-order valence-corrected chi connectivity index (χ4v) is 3.32. The summed E-state index contributed by atoms with van der Waals surface area (Å²) in [6, 6.07) is 0. The van der Waals surface area contributed by atoms with E-state index in [9.17, 15) is 19.3 Å². The Morgan fingerprint density at radius 2 is 2.12 bits per heavy atom. The number of nitrogens with one attached hydrogen (secondary N) is 1. The van der Waals surface area contributed by atoms with Crippen LogP contribution in [0.15, 0.2) is 15.8 Å². The fourth-order valence-electron chi connectivity index (χ4n) is 2.80. The molecule has 148 valence electrons. The van der Waals surface area contributed by atoms with Crippen LogP contribution in [0.5, 0.6) is 0 Å². The molecule has 0 radical (unpaired) electrons. The lowest BCUT2D eigenvalue weighted by atomic mass is 10.1. The average Bonchev–Trinajstić information content (AvgIpc) is 2.88. The maximum atomic E-state index is 12.2. The van der Waals surface area contributed by atoms with Crippen LogP contribution in [0.1, 0.15) is 18.7 Å². The fraction of sp³-hybridized carbons (Fsp3) is 0.714. The molecular formula is C14H23N2O9P. The Morgan fingerprint density at radius 1 is 1.42 bits per heavy atom. The molecule has 1 saturated heterocycles. The summed E-state index contributed by atoms with van der Waals surface area (Å²) >= 11 is 0. The number of aromatic amines is 1. The van der Waals surface area contributed by atoms with Crippen LogP contribution in [0.2, 0.25) is 0 Å². The number of rotatable bonds is 8. The number of ether oxygens (including phenoxy) is 3. The van der Waals surface area contributed by atoms with Crippen molar-refractivity contribution in [1.82, 2.24) is 9.55 Å². The van der Waals surface area contributed by atoms with Gasteiger partial charge in [0, 0.05) is 18.9 Å². The van der Waals surface area contributed by atoms with Gasteiger partial charge in [0.2, 0.25) is 0 Å². The summed E-state index contributed by atoms with van der Waals surface area (Å²) in [6.45, 7) is 2.91. The molecule has 0 spiro atoms. The van der Waals surface area contributed by atoms with Crippen molar-refractivity contribution in [2.75, 3.05) is 20.3 Å². The topological polar surface area (TPSA) is 149 Å². The van der Waals surface area contributed by atoms with Crippen molar-refractivity contribution in [3.8, 4) is 0 Å². The molecule has 0 saturated carbocycles. The molecular weight excluding hydrogens is 371 g/mol. The Bertz CT molecular complexity index is 749. The Balaban J connectivity index is 2.44.